The lowest BCUT2D eigenvalue weighted by atomic mass is 10.1. The van der Waals surface area contributed by atoms with Crippen LogP contribution in [0.1, 0.15) is 38.2 Å². The third kappa shape index (κ3) is 4.41. The molecule has 0 aromatic heterocycles. The molecule has 0 unspecified atom stereocenters. The molecule has 1 fully saturated rings. The summed E-state index contributed by atoms with van der Waals surface area (Å²) in [5.74, 6) is -0.170. The minimum Gasteiger partial charge on any atom is -0.466 e. The van der Waals surface area contributed by atoms with E-state index in [0.717, 1.165) is 18.7 Å². The van der Waals surface area contributed by atoms with Crippen LogP contribution >= 0.6 is 0 Å². The molecule has 3 nitrogen and oxygen atoms in total. The Hall–Kier alpha value is -1.77. The summed E-state index contributed by atoms with van der Waals surface area (Å²) >= 11 is 0. The lowest BCUT2D eigenvalue weighted by Crippen LogP contribution is -2.29. The number of anilines is 1. The maximum Gasteiger partial charge on any atom is 0.309 e. The summed E-state index contributed by atoms with van der Waals surface area (Å²) in [4.78, 5) is 13.7. The van der Waals surface area contributed by atoms with Crippen LogP contribution in [-0.4, -0.2) is 25.7 Å². The van der Waals surface area contributed by atoms with E-state index in [1.54, 1.807) is 0 Å². The van der Waals surface area contributed by atoms with E-state index in [9.17, 15) is 4.79 Å². The molecule has 0 bridgehead atoms. The molecule has 1 aromatic carbocycles. The van der Waals surface area contributed by atoms with Crippen molar-refractivity contribution in [2.24, 2.45) is 0 Å². The summed E-state index contributed by atoms with van der Waals surface area (Å²) in [7, 11) is 0. The summed E-state index contributed by atoms with van der Waals surface area (Å²) in [5, 5.41) is 0. The number of hydrogen-bond donors (Lipinski definition) is 0. The summed E-state index contributed by atoms with van der Waals surface area (Å²) < 4.78 is 4.90. The molecular formula is C17H23NO2. The highest BCUT2D eigenvalue weighted by atomic mass is 16.5. The van der Waals surface area contributed by atoms with Crippen molar-refractivity contribution in [1.29, 1.82) is 0 Å². The van der Waals surface area contributed by atoms with E-state index in [-0.39, 0.29) is 5.97 Å². The van der Waals surface area contributed by atoms with Gasteiger partial charge in [-0.3, -0.25) is 4.79 Å². The van der Waals surface area contributed by atoms with Gasteiger partial charge in [-0.05, 0) is 43.9 Å². The smallest absolute Gasteiger partial charge is 0.309 e. The third-order valence-electron chi connectivity index (χ3n) is 3.49. The van der Waals surface area contributed by atoms with Crippen LogP contribution in [0.15, 0.2) is 30.3 Å². The second kappa shape index (κ2) is 7.73. The molecule has 1 saturated heterocycles. The first kappa shape index (κ1) is 14.6. The van der Waals surface area contributed by atoms with Crippen LogP contribution in [0.5, 0.6) is 0 Å². The highest BCUT2D eigenvalue weighted by Crippen LogP contribution is 2.21. The van der Waals surface area contributed by atoms with Crippen LogP contribution < -0.4 is 4.90 Å². The highest BCUT2D eigenvalue weighted by Gasteiger charge is 2.10. The van der Waals surface area contributed by atoms with E-state index in [1.807, 2.05) is 19.1 Å². The number of nitrogens with zero attached hydrogens (tertiary/aromatic N) is 1. The molecule has 20 heavy (non-hydrogen) atoms. The Morgan fingerprint density at radius 1 is 1.30 bits per heavy atom. The molecule has 1 heterocycles. The highest BCUT2D eigenvalue weighted by molar-refractivity contribution is 5.72. The Labute approximate surface area is 121 Å². The van der Waals surface area contributed by atoms with Gasteiger partial charge >= 0.3 is 5.97 Å². The molecule has 1 aliphatic rings. The van der Waals surface area contributed by atoms with Gasteiger partial charge in [-0.25, -0.2) is 0 Å². The molecule has 2 rings (SSSR count). The van der Waals surface area contributed by atoms with Crippen molar-refractivity contribution in [3.8, 4) is 0 Å². The SMILES string of the molecule is CCOC(=O)CC=Cc1cccc(N2CCCCC2)c1. The van der Waals surface area contributed by atoms with Gasteiger partial charge < -0.3 is 9.64 Å². The van der Waals surface area contributed by atoms with Gasteiger partial charge in [0.05, 0.1) is 13.0 Å². The second-order valence-electron chi connectivity index (χ2n) is 5.05. The van der Waals surface area contributed by atoms with E-state index in [0.29, 0.717) is 13.0 Å². The van der Waals surface area contributed by atoms with Crippen molar-refractivity contribution >= 4 is 17.7 Å². The van der Waals surface area contributed by atoms with Crippen LogP contribution in [0.25, 0.3) is 6.08 Å². The van der Waals surface area contributed by atoms with E-state index in [1.165, 1.54) is 24.9 Å². The molecular weight excluding hydrogens is 250 g/mol. The van der Waals surface area contributed by atoms with Crippen LogP contribution in [0, 0.1) is 0 Å². The number of rotatable bonds is 5. The molecule has 0 saturated carbocycles. The number of carbonyl (C=O) groups is 1. The number of ether oxygens (including phenoxy) is 1. The normalized spacial score (nSPS) is 15.6. The van der Waals surface area contributed by atoms with Crippen molar-refractivity contribution in [3.05, 3.63) is 35.9 Å². The number of esters is 1. The van der Waals surface area contributed by atoms with Crippen molar-refractivity contribution in [2.75, 3.05) is 24.6 Å². The third-order valence-corrected chi connectivity index (χ3v) is 3.49. The molecule has 0 amide bonds. The predicted octanol–water partition coefficient (Wildman–Crippen LogP) is 3.64. The van der Waals surface area contributed by atoms with Gasteiger partial charge in [-0.1, -0.05) is 24.3 Å². The zero-order valence-electron chi connectivity index (χ0n) is 12.2. The molecule has 0 spiro atoms. The monoisotopic (exact) mass is 273 g/mol. The largest absolute Gasteiger partial charge is 0.466 e. The molecule has 0 aliphatic carbocycles. The van der Waals surface area contributed by atoms with E-state index in [2.05, 4.69) is 29.2 Å². The van der Waals surface area contributed by atoms with E-state index in [4.69, 9.17) is 4.74 Å². The van der Waals surface area contributed by atoms with Crippen molar-refractivity contribution in [2.45, 2.75) is 32.6 Å². The van der Waals surface area contributed by atoms with Gasteiger partial charge in [0.2, 0.25) is 0 Å². The molecule has 3 heteroatoms. The fraction of sp³-hybridized carbons (Fsp3) is 0.471. The summed E-state index contributed by atoms with van der Waals surface area (Å²) in [6, 6.07) is 8.49. The second-order valence-corrected chi connectivity index (χ2v) is 5.05. The zero-order valence-corrected chi connectivity index (χ0v) is 12.2. The summed E-state index contributed by atoms with van der Waals surface area (Å²) in [6.45, 7) is 4.56. The molecule has 0 N–H and O–H groups in total. The number of hydrogen-bond acceptors (Lipinski definition) is 3. The first-order chi connectivity index (χ1) is 9.79. The molecule has 1 aromatic rings. The van der Waals surface area contributed by atoms with Crippen LogP contribution in [0.3, 0.4) is 0 Å². The molecule has 1 aliphatic heterocycles. The van der Waals surface area contributed by atoms with Gasteiger partial charge in [0.15, 0.2) is 0 Å². The average Bonchev–Trinajstić information content (AvgIpc) is 2.49. The van der Waals surface area contributed by atoms with E-state index >= 15 is 0 Å². The van der Waals surface area contributed by atoms with Gasteiger partial charge in [-0.2, -0.15) is 0 Å². The first-order valence-corrected chi connectivity index (χ1v) is 7.47. The fourth-order valence-electron chi connectivity index (χ4n) is 2.49. The van der Waals surface area contributed by atoms with E-state index < -0.39 is 0 Å². The summed E-state index contributed by atoms with van der Waals surface area (Å²) in [5.41, 5.74) is 2.42. The first-order valence-electron chi connectivity index (χ1n) is 7.47. The lowest BCUT2D eigenvalue weighted by molar-refractivity contribution is -0.142. The Bertz CT molecular complexity index is 462. The Balaban J connectivity index is 1.95. The Kier molecular flexibility index (Phi) is 5.66. The number of piperidine rings is 1. The lowest BCUT2D eigenvalue weighted by Gasteiger charge is -2.29. The average molecular weight is 273 g/mol. The topological polar surface area (TPSA) is 29.5 Å². The van der Waals surface area contributed by atoms with Crippen molar-refractivity contribution < 1.29 is 9.53 Å². The van der Waals surface area contributed by atoms with Crippen molar-refractivity contribution in [1.82, 2.24) is 0 Å². The number of benzene rings is 1. The molecule has 108 valence electrons. The Morgan fingerprint density at radius 2 is 2.10 bits per heavy atom. The van der Waals surface area contributed by atoms with Gasteiger partial charge in [0, 0.05) is 18.8 Å². The zero-order chi connectivity index (χ0) is 14.2. The quantitative estimate of drug-likeness (QED) is 0.767. The standard InChI is InChI=1S/C17H23NO2/c1-2-20-17(19)11-7-9-15-8-6-10-16(14-15)18-12-4-3-5-13-18/h6-10,14H,2-5,11-13H2,1H3. The maximum absolute atomic E-state index is 11.3. The predicted molar refractivity (Wildman–Crippen MR) is 82.8 cm³/mol. The van der Waals surface area contributed by atoms with Gasteiger partial charge in [0.25, 0.3) is 0 Å². The maximum atomic E-state index is 11.3. The van der Waals surface area contributed by atoms with Crippen molar-refractivity contribution in [3.63, 3.8) is 0 Å². The van der Waals surface area contributed by atoms with Crippen LogP contribution in [0.4, 0.5) is 5.69 Å². The fourth-order valence-corrected chi connectivity index (χ4v) is 2.49. The van der Waals surface area contributed by atoms with Crippen LogP contribution in [-0.2, 0) is 9.53 Å². The minimum absolute atomic E-state index is 0.170. The minimum atomic E-state index is -0.170. The van der Waals surface area contributed by atoms with Crippen LogP contribution in [0.2, 0.25) is 0 Å². The molecule has 0 atom stereocenters. The Morgan fingerprint density at radius 3 is 2.85 bits per heavy atom. The van der Waals surface area contributed by atoms with Gasteiger partial charge in [0.1, 0.15) is 0 Å². The molecule has 0 radical (unpaired) electrons. The van der Waals surface area contributed by atoms with Gasteiger partial charge in [-0.15, -0.1) is 0 Å². The number of carbonyl (C=O) groups excluding carboxylic acids is 1. The summed E-state index contributed by atoms with van der Waals surface area (Å²) in [6.07, 6.45) is 8.10.